The Morgan fingerprint density at radius 2 is 2.04 bits per heavy atom. The van der Waals surface area contributed by atoms with Gasteiger partial charge in [0.2, 0.25) is 0 Å². The van der Waals surface area contributed by atoms with Crippen LogP contribution >= 0.6 is 11.6 Å². The molecule has 1 atom stereocenters. The van der Waals surface area contributed by atoms with Crippen LogP contribution in [0.15, 0.2) is 47.6 Å². The van der Waals surface area contributed by atoms with E-state index in [2.05, 4.69) is 10.5 Å². The summed E-state index contributed by atoms with van der Waals surface area (Å²) in [5, 5.41) is 4.46. The third-order valence-electron chi connectivity index (χ3n) is 3.59. The maximum absolute atomic E-state index is 12.1. The van der Waals surface area contributed by atoms with E-state index in [-0.39, 0.29) is 12.0 Å². The van der Waals surface area contributed by atoms with E-state index >= 15 is 0 Å². The van der Waals surface area contributed by atoms with Gasteiger partial charge in [0.05, 0.1) is 30.0 Å². The minimum absolute atomic E-state index is 0.0946. The smallest absolute Gasteiger partial charge is 0.275 e. The van der Waals surface area contributed by atoms with Crippen LogP contribution in [0.1, 0.15) is 36.2 Å². The van der Waals surface area contributed by atoms with Gasteiger partial charge < -0.3 is 9.47 Å². The van der Waals surface area contributed by atoms with E-state index in [1.54, 1.807) is 36.4 Å². The Labute approximate surface area is 152 Å². The molecular formula is C19H21ClN2O3. The quantitative estimate of drug-likeness (QED) is 0.592. The molecule has 2 rings (SSSR count). The molecule has 2 aromatic carbocycles. The van der Waals surface area contributed by atoms with Crippen LogP contribution in [-0.2, 0) is 0 Å². The van der Waals surface area contributed by atoms with Crippen molar-refractivity contribution < 1.29 is 14.3 Å². The van der Waals surface area contributed by atoms with E-state index in [0.29, 0.717) is 22.1 Å². The lowest BCUT2D eigenvalue weighted by Gasteiger charge is -2.13. The summed E-state index contributed by atoms with van der Waals surface area (Å²) >= 11 is 6.22. The van der Waals surface area contributed by atoms with Crippen LogP contribution < -0.4 is 14.9 Å². The van der Waals surface area contributed by atoms with E-state index < -0.39 is 0 Å². The Kier molecular flexibility index (Phi) is 6.83. The summed E-state index contributed by atoms with van der Waals surface area (Å²) in [6.07, 6.45) is 2.51. The molecule has 0 spiro atoms. The molecule has 2 aromatic rings. The highest BCUT2D eigenvalue weighted by molar-refractivity contribution is 6.32. The lowest BCUT2D eigenvalue weighted by atomic mass is 10.2. The van der Waals surface area contributed by atoms with Gasteiger partial charge in [0.15, 0.2) is 0 Å². The van der Waals surface area contributed by atoms with Gasteiger partial charge in [-0.1, -0.05) is 30.7 Å². The minimum atomic E-state index is -0.350. The Bertz CT molecular complexity index is 762. The number of benzene rings is 2. The van der Waals surface area contributed by atoms with Gasteiger partial charge in [-0.15, -0.1) is 0 Å². The van der Waals surface area contributed by atoms with Crippen molar-refractivity contribution in [3.8, 4) is 11.5 Å². The Morgan fingerprint density at radius 3 is 2.72 bits per heavy atom. The summed E-state index contributed by atoms with van der Waals surface area (Å²) in [4.78, 5) is 12.1. The molecule has 0 saturated carbocycles. The highest BCUT2D eigenvalue weighted by atomic mass is 35.5. The van der Waals surface area contributed by atoms with Crippen molar-refractivity contribution in [2.75, 3.05) is 7.11 Å². The third-order valence-corrected chi connectivity index (χ3v) is 3.89. The molecule has 0 aliphatic carbocycles. The number of nitrogens with zero attached hydrogens (tertiary/aromatic N) is 1. The van der Waals surface area contributed by atoms with E-state index in [9.17, 15) is 4.79 Å². The number of amides is 1. The highest BCUT2D eigenvalue weighted by Gasteiger charge is 2.10. The topological polar surface area (TPSA) is 59.9 Å². The number of halogens is 1. The third kappa shape index (κ3) is 5.22. The zero-order valence-electron chi connectivity index (χ0n) is 14.5. The number of hydrogen-bond acceptors (Lipinski definition) is 4. The van der Waals surface area contributed by atoms with Crippen LogP contribution in [0.2, 0.25) is 5.02 Å². The van der Waals surface area contributed by atoms with Crippen molar-refractivity contribution in [2.45, 2.75) is 26.4 Å². The standard InChI is InChI=1S/C19H21ClN2O3/c1-4-13(2)25-18-10-9-14(11-16(18)20)12-21-22-19(23)15-7-5-6-8-17(15)24-3/h5-13H,4H2,1-3H3,(H,22,23)/b21-12-/t13-/m0/s1. The summed E-state index contributed by atoms with van der Waals surface area (Å²) in [6.45, 7) is 4.03. The number of carbonyl (C=O) groups excluding carboxylic acids is 1. The van der Waals surface area contributed by atoms with Crippen molar-refractivity contribution >= 4 is 23.7 Å². The number of nitrogens with one attached hydrogen (secondary N) is 1. The molecule has 0 fully saturated rings. The zero-order chi connectivity index (χ0) is 18.2. The summed E-state index contributed by atoms with van der Waals surface area (Å²) in [7, 11) is 1.51. The molecule has 0 bridgehead atoms. The number of hydrazone groups is 1. The molecule has 0 saturated heterocycles. The number of para-hydroxylation sites is 1. The van der Waals surface area contributed by atoms with Gasteiger partial charge in [-0.2, -0.15) is 5.10 Å². The number of ether oxygens (including phenoxy) is 2. The maximum Gasteiger partial charge on any atom is 0.275 e. The fourth-order valence-electron chi connectivity index (χ4n) is 2.05. The molecule has 0 aromatic heterocycles. The first-order valence-corrected chi connectivity index (χ1v) is 8.35. The summed E-state index contributed by atoms with van der Waals surface area (Å²) in [5.74, 6) is 0.771. The van der Waals surface area contributed by atoms with Crippen molar-refractivity contribution in [1.29, 1.82) is 0 Å². The molecule has 5 nitrogen and oxygen atoms in total. The molecule has 1 N–H and O–H groups in total. The number of rotatable bonds is 7. The van der Waals surface area contributed by atoms with Crippen molar-refractivity contribution in [1.82, 2.24) is 5.43 Å². The summed E-state index contributed by atoms with van der Waals surface area (Å²) in [5.41, 5.74) is 3.64. The van der Waals surface area contributed by atoms with Gasteiger partial charge in [-0.25, -0.2) is 5.43 Å². The summed E-state index contributed by atoms with van der Waals surface area (Å²) in [6, 6.07) is 12.3. The first kappa shape index (κ1) is 18.8. The molecule has 0 aliphatic heterocycles. The predicted molar refractivity (Wildman–Crippen MR) is 99.9 cm³/mol. The van der Waals surface area contributed by atoms with E-state index in [1.165, 1.54) is 13.3 Å². The van der Waals surface area contributed by atoms with Crippen LogP contribution in [0, 0.1) is 0 Å². The Morgan fingerprint density at radius 1 is 1.28 bits per heavy atom. The van der Waals surface area contributed by atoms with Crippen LogP contribution in [0.3, 0.4) is 0 Å². The van der Waals surface area contributed by atoms with Gasteiger partial charge in [-0.05, 0) is 49.2 Å². The predicted octanol–water partition coefficient (Wildman–Crippen LogP) is 4.29. The molecular weight excluding hydrogens is 340 g/mol. The molecule has 0 radical (unpaired) electrons. The number of hydrogen-bond donors (Lipinski definition) is 1. The molecule has 0 heterocycles. The zero-order valence-corrected chi connectivity index (χ0v) is 15.2. The fourth-order valence-corrected chi connectivity index (χ4v) is 2.28. The average Bonchev–Trinajstić information content (AvgIpc) is 2.63. The van der Waals surface area contributed by atoms with Gasteiger partial charge in [-0.3, -0.25) is 4.79 Å². The lowest BCUT2D eigenvalue weighted by Crippen LogP contribution is -2.18. The van der Waals surface area contributed by atoms with E-state index in [4.69, 9.17) is 21.1 Å². The minimum Gasteiger partial charge on any atom is -0.496 e. The van der Waals surface area contributed by atoms with Crippen molar-refractivity contribution in [3.05, 3.63) is 58.6 Å². The molecule has 25 heavy (non-hydrogen) atoms. The van der Waals surface area contributed by atoms with Crippen LogP contribution in [0.4, 0.5) is 0 Å². The normalized spacial score (nSPS) is 12.0. The van der Waals surface area contributed by atoms with E-state index in [0.717, 1.165) is 12.0 Å². The van der Waals surface area contributed by atoms with Crippen LogP contribution in [-0.4, -0.2) is 25.3 Å². The first-order valence-electron chi connectivity index (χ1n) is 7.97. The van der Waals surface area contributed by atoms with Crippen molar-refractivity contribution in [2.24, 2.45) is 5.10 Å². The second-order valence-electron chi connectivity index (χ2n) is 5.43. The molecule has 0 unspecified atom stereocenters. The second kappa shape index (κ2) is 9.08. The summed E-state index contributed by atoms with van der Waals surface area (Å²) < 4.78 is 10.9. The molecule has 1 amide bonds. The van der Waals surface area contributed by atoms with Gasteiger partial charge in [0.25, 0.3) is 5.91 Å². The number of methoxy groups -OCH3 is 1. The molecule has 0 aliphatic rings. The largest absolute Gasteiger partial charge is 0.496 e. The molecule has 132 valence electrons. The second-order valence-corrected chi connectivity index (χ2v) is 5.83. The lowest BCUT2D eigenvalue weighted by molar-refractivity contribution is 0.0952. The first-order chi connectivity index (χ1) is 12.0. The van der Waals surface area contributed by atoms with Gasteiger partial charge in [0.1, 0.15) is 11.5 Å². The monoisotopic (exact) mass is 360 g/mol. The average molecular weight is 361 g/mol. The van der Waals surface area contributed by atoms with E-state index in [1.807, 2.05) is 19.9 Å². The van der Waals surface area contributed by atoms with Crippen LogP contribution in [0.5, 0.6) is 11.5 Å². The van der Waals surface area contributed by atoms with Crippen LogP contribution in [0.25, 0.3) is 0 Å². The number of carbonyl (C=O) groups is 1. The van der Waals surface area contributed by atoms with Crippen molar-refractivity contribution in [3.63, 3.8) is 0 Å². The maximum atomic E-state index is 12.1. The van der Waals surface area contributed by atoms with Gasteiger partial charge >= 0.3 is 0 Å². The SMILES string of the molecule is CC[C@H](C)Oc1ccc(/C=N\NC(=O)c2ccccc2OC)cc1Cl. The Balaban J connectivity index is 2.02. The fraction of sp³-hybridized carbons (Fsp3) is 0.263. The highest BCUT2D eigenvalue weighted by Crippen LogP contribution is 2.26. The Hall–Kier alpha value is -2.53. The molecule has 6 heteroatoms. The van der Waals surface area contributed by atoms with Gasteiger partial charge in [0, 0.05) is 0 Å².